The van der Waals surface area contributed by atoms with E-state index >= 15 is 0 Å². The molecule has 0 fully saturated rings. The minimum Gasteiger partial charge on any atom is -0.508 e. The van der Waals surface area contributed by atoms with Gasteiger partial charge >= 0.3 is 0 Å². The van der Waals surface area contributed by atoms with Crippen LogP contribution in [0.15, 0.2) is 18.2 Å². The Morgan fingerprint density at radius 3 is 2.59 bits per heavy atom. The smallest absolute Gasteiger partial charge is 0.123 e. The van der Waals surface area contributed by atoms with Gasteiger partial charge in [-0.2, -0.15) is 0 Å². The molecule has 0 amide bonds. The van der Waals surface area contributed by atoms with E-state index in [-0.39, 0.29) is 11.6 Å². The van der Waals surface area contributed by atoms with E-state index < -0.39 is 0 Å². The van der Waals surface area contributed by atoms with Crippen LogP contribution in [0.25, 0.3) is 0 Å². The number of benzene rings is 1. The second-order valence-corrected chi connectivity index (χ2v) is 5.03. The minimum atomic E-state index is -0.311. The molecule has 0 radical (unpaired) electrons. The zero-order valence-corrected chi connectivity index (χ0v) is 10.8. The summed E-state index contributed by atoms with van der Waals surface area (Å²) < 4.78 is 13.0. The van der Waals surface area contributed by atoms with Crippen molar-refractivity contribution in [3.05, 3.63) is 29.6 Å². The van der Waals surface area contributed by atoms with Crippen LogP contribution in [0.5, 0.6) is 5.75 Å². The average Bonchev–Trinajstić information content (AvgIpc) is 2.27. The van der Waals surface area contributed by atoms with Crippen molar-refractivity contribution >= 4 is 0 Å². The van der Waals surface area contributed by atoms with Gasteiger partial charge in [0.25, 0.3) is 0 Å². The minimum absolute atomic E-state index is 0.148. The lowest BCUT2D eigenvalue weighted by Gasteiger charge is -2.15. The Labute approximate surface area is 103 Å². The molecular formula is C14H22FNO. The van der Waals surface area contributed by atoms with E-state index in [0.717, 1.165) is 6.42 Å². The number of hydrogen-bond acceptors (Lipinski definition) is 2. The van der Waals surface area contributed by atoms with Crippen molar-refractivity contribution in [1.29, 1.82) is 0 Å². The predicted octanol–water partition coefficient (Wildman–Crippen LogP) is 3.45. The number of hydrogen-bond donors (Lipinski definition) is 2. The lowest BCUT2D eigenvalue weighted by atomic mass is 10.0. The van der Waals surface area contributed by atoms with E-state index in [4.69, 9.17) is 0 Å². The second kappa shape index (κ2) is 6.60. The van der Waals surface area contributed by atoms with Gasteiger partial charge in [0, 0.05) is 18.2 Å². The van der Waals surface area contributed by atoms with Crippen LogP contribution < -0.4 is 5.32 Å². The number of rotatable bonds is 6. The summed E-state index contributed by atoms with van der Waals surface area (Å²) in [6.45, 7) is 7.01. The predicted molar refractivity (Wildman–Crippen MR) is 68.4 cm³/mol. The van der Waals surface area contributed by atoms with Gasteiger partial charge in [0.05, 0.1) is 0 Å². The average molecular weight is 239 g/mol. The third-order valence-electron chi connectivity index (χ3n) is 2.86. The summed E-state index contributed by atoms with van der Waals surface area (Å²) in [7, 11) is 0. The molecule has 1 unspecified atom stereocenters. The van der Waals surface area contributed by atoms with Crippen molar-refractivity contribution in [2.75, 3.05) is 0 Å². The van der Waals surface area contributed by atoms with Gasteiger partial charge in [-0.15, -0.1) is 0 Å². The van der Waals surface area contributed by atoms with Crippen molar-refractivity contribution in [1.82, 2.24) is 5.32 Å². The Morgan fingerprint density at radius 1 is 1.24 bits per heavy atom. The second-order valence-electron chi connectivity index (χ2n) is 5.03. The molecule has 0 aliphatic rings. The molecule has 0 aliphatic heterocycles. The number of phenols is 1. The monoisotopic (exact) mass is 239 g/mol. The van der Waals surface area contributed by atoms with E-state index in [0.29, 0.717) is 24.1 Å². The van der Waals surface area contributed by atoms with Gasteiger partial charge in [-0.3, -0.25) is 0 Å². The highest BCUT2D eigenvalue weighted by molar-refractivity contribution is 5.32. The first-order chi connectivity index (χ1) is 7.99. The summed E-state index contributed by atoms with van der Waals surface area (Å²) in [5, 5.41) is 12.9. The van der Waals surface area contributed by atoms with Crippen molar-refractivity contribution in [2.24, 2.45) is 5.92 Å². The van der Waals surface area contributed by atoms with E-state index in [1.807, 2.05) is 0 Å². The van der Waals surface area contributed by atoms with E-state index in [1.165, 1.54) is 24.6 Å². The van der Waals surface area contributed by atoms with Crippen LogP contribution in [-0.4, -0.2) is 11.1 Å². The zero-order chi connectivity index (χ0) is 12.8. The molecule has 0 saturated heterocycles. The van der Waals surface area contributed by atoms with Gasteiger partial charge in [0.15, 0.2) is 0 Å². The van der Waals surface area contributed by atoms with Crippen LogP contribution in [0.2, 0.25) is 0 Å². The number of halogens is 1. The van der Waals surface area contributed by atoms with Crippen LogP contribution >= 0.6 is 0 Å². The fraction of sp³-hybridized carbons (Fsp3) is 0.571. The fourth-order valence-electron chi connectivity index (χ4n) is 1.67. The Bertz CT molecular complexity index is 352. The van der Waals surface area contributed by atoms with Gasteiger partial charge in [0.1, 0.15) is 11.6 Å². The molecule has 1 rings (SSSR count). The van der Waals surface area contributed by atoms with E-state index in [1.54, 1.807) is 0 Å². The van der Waals surface area contributed by atoms with Crippen LogP contribution in [0.1, 0.15) is 39.2 Å². The molecular weight excluding hydrogens is 217 g/mol. The summed E-state index contributed by atoms with van der Waals surface area (Å²) in [5.41, 5.74) is 0.612. The molecule has 0 bridgehead atoms. The summed E-state index contributed by atoms with van der Waals surface area (Å²) >= 11 is 0. The maximum atomic E-state index is 13.0. The highest BCUT2D eigenvalue weighted by atomic mass is 19.1. The molecule has 2 N–H and O–H groups in total. The first kappa shape index (κ1) is 14.0. The molecule has 3 heteroatoms. The highest BCUT2D eigenvalue weighted by Gasteiger charge is 2.06. The van der Waals surface area contributed by atoms with E-state index in [9.17, 15) is 9.50 Å². The van der Waals surface area contributed by atoms with Gasteiger partial charge < -0.3 is 10.4 Å². The van der Waals surface area contributed by atoms with E-state index in [2.05, 4.69) is 26.1 Å². The summed E-state index contributed by atoms with van der Waals surface area (Å²) in [5.74, 6) is 0.534. The van der Waals surface area contributed by atoms with Crippen molar-refractivity contribution in [3.63, 3.8) is 0 Å². The van der Waals surface area contributed by atoms with Crippen LogP contribution in [0.4, 0.5) is 4.39 Å². The number of aromatic hydroxyl groups is 1. The molecule has 1 aromatic rings. The highest BCUT2D eigenvalue weighted by Crippen LogP contribution is 2.18. The molecule has 1 atom stereocenters. The van der Waals surface area contributed by atoms with Crippen LogP contribution in [0.3, 0.4) is 0 Å². The first-order valence-corrected chi connectivity index (χ1v) is 6.19. The topological polar surface area (TPSA) is 32.3 Å². The SMILES string of the molecule is CC(C)CCC(C)NCc1cc(F)ccc1O. The molecule has 0 aliphatic carbocycles. The number of phenolic OH excluding ortho intramolecular Hbond substituents is 1. The van der Waals surface area contributed by atoms with Gasteiger partial charge in [-0.05, 0) is 43.9 Å². The first-order valence-electron chi connectivity index (χ1n) is 6.19. The molecule has 17 heavy (non-hydrogen) atoms. The summed E-state index contributed by atoms with van der Waals surface area (Å²) in [6.07, 6.45) is 2.26. The van der Waals surface area contributed by atoms with Crippen molar-refractivity contribution in [3.8, 4) is 5.75 Å². The van der Waals surface area contributed by atoms with Crippen molar-refractivity contribution < 1.29 is 9.50 Å². The molecule has 96 valence electrons. The lowest BCUT2D eigenvalue weighted by molar-refractivity contribution is 0.434. The molecule has 1 aromatic carbocycles. The molecule has 0 saturated carbocycles. The number of nitrogens with one attached hydrogen (secondary N) is 1. The van der Waals surface area contributed by atoms with Gasteiger partial charge in [-0.1, -0.05) is 13.8 Å². The fourth-order valence-corrected chi connectivity index (χ4v) is 1.67. The molecule has 0 aromatic heterocycles. The third kappa shape index (κ3) is 5.18. The maximum absolute atomic E-state index is 13.0. The van der Waals surface area contributed by atoms with Gasteiger partial charge in [-0.25, -0.2) is 4.39 Å². The van der Waals surface area contributed by atoms with Crippen molar-refractivity contribution in [2.45, 2.75) is 46.2 Å². The quantitative estimate of drug-likeness (QED) is 0.797. The lowest BCUT2D eigenvalue weighted by Crippen LogP contribution is -2.25. The van der Waals surface area contributed by atoms with Crippen LogP contribution in [-0.2, 0) is 6.54 Å². The van der Waals surface area contributed by atoms with Crippen LogP contribution in [0, 0.1) is 11.7 Å². The third-order valence-corrected chi connectivity index (χ3v) is 2.86. The largest absolute Gasteiger partial charge is 0.508 e. The van der Waals surface area contributed by atoms with Gasteiger partial charge in [0.2, 0.25) is 0 Å². The standard InChI is InChI=1S/C14H22FNO/c1-10(2)4-5-11(3)16-9-12-8-13(15)6-7-14(12)17/h6-8,10-11,16-17H,4-5,9H2,1-3H3. The Morgan fingerprint density at radius 2 is 1.94 bits per heavy atom. The summed E-state index contributed by atoms with van der Waals surface area (Å²) in [6, 6.07) is 4.41. The maximum Gasteiger partial charge on any atom is 0.123 e. The molecule has 0 spiro atoms. The Hall–Kier alpha value is -1.09. The molecule has 0 heterocycles. The Kier molecular flexibility index (Phi) is 5.42. The normalized spacial score (nSPS) is 13.0. The Balaban J connectivity index is 2.41. The summed E-state index contributed by atoms with van der Waals surface area (Å²) in [4.78, 5) is 0. The molecule has 2 nitrogen and oxygen atoms in total. The zero-order valence-electron chi connectivity index (χ0n) is 10.8.